The molecule has 2 aromatic rings. The predicted octanol–water partition coefficient (Wildman–Crippen LogP) is 1.75. The van der Waals surface area contributed by atoms with E-state index in [4.69, 9.17) is 15.2 Å². The highest BCUT2D eigenvalue weighted by Gasteiger charge is 2.19. The molecule has 0 radical (unpaired) electrons. The molecule has 19 heavy (non-hydrogen) atoms. The zero-order valence-corrected chi connectivity index (χ0v) is 11.9. The average molecular weight is 263 g/mol. The Bertz CT molecular complexity index is 563. The molecule has 1 aromatic carbocycles. The molecule has 1 heterocycles. The number of hydrogen-bond acceptors (Lipinski definition) is 4. The summed E-state index contributed by atoms with van der Waals surface area (Å²) in [5.41, 5.74) is 8.00. The summed E-state index contributed by atoms with van der Waals surface area (Å²) >= 11 is 0. The Balaban J connectivity index is 2.63. The molecule has 3 N–H and O–H groups in total. The number of nitrogens with one attached hydrogen (secondary N) is 1. The number of aromatic amines is 1. The molecule has 0 bridgehead atoms. The highest BCUT2D eigenvalue weighted by atomic mass is 16.5. The molecular formula is C14H21N3O2. The van der Waals surface area contributed by atoms with E-state index in [1.54, 1.807) is 14.2 Å². The van der Waals surface area contributed by atoms with Crippen LogP contribution in [-0.4, -0.2) is 44.7 Å². The van der Waals surface area contributed by atoms with Crippen molar-refractivity contribution in [2.75, 3.05) is 34.9 Å². The first-order valence-corrected chi connectivity index (χ1v) is 6.21. The normalized spacial score (nSPS) is 12.9. The zero-order valence-electron chi connectivity index (χ0n) is 11.9. The Hall–Kier alpha value is -1.72. The fourth-order valence-corrected chi connectivity index (χ4v) is 2.36. The maximum Gasteiger partial charge on any atom is 0.146 e. The van der Waals surface area contributed by atoms with Crippen LogP contribution < -0.4 is 15.2 Å². The van der Waals surface area contributed by atoms with Gasteiger partial charge in [0, 0.05) is 30.2 Å². The van der Waals surface area contributed by atoms with Crippen molar-refractivity contribution in [2.24, 2.45) is 5.73 Å². The van der Waals surface area contributed by atoms with Crippen LogP contribution in [0.15, 0.2) is 18.3 Å². The lowest BCUT2D eigenvalue weighted by Crippen LogP contribution is -2.26. The Morgan fingerprint density at radius 1 is 1.26 bits per heavy atom. The topological polar surface area (TPSA) is 63.5 Å². The first-order chi connectivity index (χ1) is 9.12. The standard InChI is InChI=1S/C14H21N3O2/c1-17(2)12(7-15)11-8-16-14-10(11)5-9(18-3)6-13(14)19-4/h5-6,8,12,16H,7,15H2,1-4H3. The van der Waals surface area contributed by atoms with E-state index in [0.29, 0.717) is 6.54 Å². The van der Waals surface area contributed by atoms with E-state index in [9.17, 15) is 0 Å². The number of ether oxygens (including phenoxy) is 2. The lowest BCUT2D eigenvalue weighted by molar-refractivity contribution is 0.307. The molecule has 5 nitrogen and oxygen atoms in total. The number of hydrogen-bond donors (Lipinski definition) is 2. The summed E-state index contributed by atoms with van der Waals surface area (Å²) in [4.78, 5) is 5.37. The molecule has 1 atom stereocenters. The second-order valence-corrected chi connectivity index (χ2v) is 4.71. The summed E-state index contributed by atoms with van der Waals surface area (Å²) in [5.74, 6) is 1.55. The molecule has 1 aromatic heterocycles. The smallest absolute Gasteiger partial charge is 0.146 e. The van der Waals surface area contributed by atoms with Gasteiger partial charge in [-0.05, 0) is 25.7 Å². The molecule has 0 amide bonds. The third-order valence-electron chi connectivity index (χ3n) is 3.42. The van der Waals surface area contributed by atoms with Crippen LogP contribution in [0.3, 0.4) is 0 Å². The van der Waals surface area contributed by atoms with Crippen molar-refractivity contribution in [3.05, 3.63) is 23.9 Å². The van der Waals surface area contributed by atoms with Crippen LogP contribution in [0, 0.1) is 0 Å². The maximum absolute atomic E-state index is 5.88. The van der Waals surface area contributed by atoms with Crippen LogP contribution in [0.5, 0.6) is 11.5 Å². The molecule has 0 aliphatic heterocycles. The van der Waals surface area contributed by atoms with E-state index in [2.05, 4.69) is 9.88 Å². The molecular weight excluding hydrogens is 242 g/mol. The van der Waals surface area contributed by atoms with E-state index >= 15 is 0 Å². The van der Waals surface area contributed by atoms with Gasteiger partial charge >= 0.3 is 0 Å². The second kappa shape index (κ2) is 5.50. The van der Waals surface area contributed by atoms with Crippen LogP contribution in [0.2, 0.25) is 0 Å². The number of aromatic nitrogens is 1. The highest BCUT2D eigenvalue weighted by molar-refractivity contribution is 5.90. The van der Waals surface area contributed by atoms with E-state index < -0.39 is 0 Å². The summed E-state index contributed by atoms with van der Waals surface area (Å²) in [6.07, 6.45) is 1.99. The third kappa shape index (κ3) is 2.39. The van der Waals surface area contributed by atoms with Crippen LogP contribution >= 0.6 is 0 Å². The summed E-state index contributed by atoms with van der Waals surface area (Å²) in [7, 11) is 7.35. The monoisotopic (exact) mass is 263 g/mol. The fourth-order valence-electron chi connectivity index (χ4n) is 2.36. The van der Waals surface area contributed by atoms with Crippen molar-refractivity contribution in [1.82, 2.24) is 9.88 Å². The Morgan fingerprint density at radius 3 is 2.53 bits per heavy atom. The van der Waals surface area contributed by atoms with Crippen molar-refractivity contribution in [3.8, 4) is 11.5 Å². The molecule has 0 aliphatic rings. The fraction of sp³-hybridized carbons (Fsp3) is 0.429. The Kier molecular flexibility index (Phi) is 3.97. The molecule has 0 fully saturated rings. The van der Waals surface area contributed by atoms with E-state index in [-0.39, 0.29) is 6.04 Å². The maximum atomic E-state index is 5.88. The van der Waals surface area contributed by atoms with Gasteiger partial charge in [-0.3, -0.25) is 0 Å². The number of benzene rings is 1. The Morgan fingerprint density at radius 2 is 2.00 bits per heavy atom. The van der Waals surface area contributed by atoms with Gasteiger partial charge in [0.05, 0.1) is 19.7 Å². The average Bonchev–Trinajstić information content (AvgIpc) is 2.82. The van der Waals surface area contributed by atoms with Crippen molar-refractivity contribution in [3.63, 3.8) is 0 Å². The van der Waals surface area contributed by atoms with Gasteiger partial charge < -0.3 is 25.1 Å². The molecule has 5 heteroatoms. The first kappa shape index (κ1) is 13.7. The van der Waals surface area contributed by atoms with Gasteiger partial charge in [-0.25, -0.2) is 0 Å². The number of fused-ring (bicyclic) bond motifs is 1. The van der Waals surface area contributed by atoms with Crippen molar-refractivity contribution >= 4 is 10.9 Å². The van der Waals surface area contributed by atoms with Crippen LogP contribution in [-0.2, 0) is 0 Å². The first-order valence-electron chi connectivity index (χ1n) is 6.21. The van der Waals surface area contributed by atoms with Crippen molar-refractivity contribution in [2.45, 2.75) is 6.04 Å². The van der Waals surface area contributed by atoms with Gasteiger partial charge in [-0.2, -0.15) is 0 Å². The Labute approximate surface area is 113 Å². The number of methoxy groups -OCH3 is 2. The SMILES string of the molecule is COc1cc(OC)c2[nH]cc(C(CN)N(C)C)c2c1. The van der Waals surface area contributed by atoms with Gasteiger partial charge in [0.1, 0.15) is 11.5 Å². The molecule has 0 aliphatic carbocycles. The van der Waals surface area contributed by atoms with Crippen LogP contribution in [0.4, 0.5) is 0 Å². The number of nitrogens with two attached hydrogens (primary N) is 1. The minimum atomic E-state index is 0.158. The number of rotatable bonds is 5. The number of nitrogens with zero attached hydrogens (tertiary/aromatic N) is 1. The molecule has 2 rings (SSSR count). The minimum Gasteiger partial charge on any atom is -0.497 e. The summed E-state index contributed by atoms with van der Waals surface area (Å²) < 4.78 is 10.7. The van der Waals surface area contributed by atoms with Gasteiger partial charge in [0.2, 0.25) is 0 Å². The van der Waals surface area contributed by atoms with Crippen LogP contribution in [0.25, 0.3) is 10.9 Å². The molecule has 104 valence electrons. The lowest BCUT2D eigenvalue weighted by Gasteiger charge is -2.22. The highest BCUT2D eigenvalue weighted by Crippen LogP contribution is 2.35. The van der Waals surface area contributed by atoms with Gasteiger partial charge in [-0.1, -0.05) is 0 Å². The van der Waals surface area contributed by atoms with Gasteiger partial charge in [0.15, 0.2) is 0 Å². The van der Waals surface area contributed by atoms with E-state index in [0.717, 1.165) is 28.0 Å². The van der Waals surface area contributed by atoms with E-state index in [1.165, 1.54) is 0 Å². The number of H-pyrrole nitrogens is 1. The molecule has 0 saturated heterocycles. The largest absolute Gasteiger partial charge is 0.497 e. The lowest BCUT2D eigenvalue weighted by atomic mass is 10.0. The molecule has 0 saturated carbocycles. The molecule has 0 spiro atoms. The summed E-state index contributed by atoms with van der Waals surface area (Å²) in [5, 5.41) is 1.08. The number of likely N-dealkylation sites (N-methyl/N-ethyl adjacent to an activating group) is 1. The molecule has 1 unspecified atom stereocenters. The quantitative estimate of drug-likeness (QED) is 0.862. The zero-order chi connectivity index (χ0) is 14.0. The predicted molar refractivity (Wildman–Crippen MR) is 76.9 cm³/mol. The van der Waals surface area contributed by atoms with Gasteiger partial charge in [-0.15, -0.1) is 0 Å². The van der Waals surface area contributed by atoms with Crippen molar-refractivity contribution < 1.29 is 9.47 Å². The second-order valence-electron chi connectivity index (χ2n) is 4.71. The third-order valence-corrected chi connectivity index (χ3v) is 3.42. The summed E-state index contributed by atoms with van der Waals surface area (Å²) in [6, 6.07) is 4.04. The van der Waals surface area contributed by atoms with Gasteiger partial charge in [0.25, 0.3) is 0 Å². The van der Waals surface area contributed by atoms with Crippen LogP contribution in [0.1, 0.15) is 11.6 Å². The van der Waals surface area contributed by atoms with Crippen molar-refractivity contribution in [1.29, 1.82) is 0 Å². The minimum absolute atomic E-state index is 0.158. The van der Waals surface area contributed by atoms with E-state index in [1.807, 2.05) is 32.4 Å². The summed E-state index contributed by atoms with van der Waals surface area (Å²) in [6.45, 7) is 0.555.